The Labute approximate surface area is 180 Å². The van der Waals surface area contributed by atoms with Gasteiger partial charge in [-0.05, 0) is 62.0 Å². The van der Waals surface area contributed by atoms with Crippen molar-refractivity contribution in [1.82, 2.24) is 4.90 Å². The van der Waals surface area contributed by atoms with Crippen LogP contribution in [0.1, 0.15) is 50.5 Å². The summed E-state index contributed by atoms with van der Waals surface area (Å²) in [7, 11) is 3.60. The zero-order valence-corrected chi connectivity index (χ0v) is 18.3. The standard InChI is InChI=1S/C26H35NO3/c1-27(2)26(30)11-7-6-10-20-16-21-18-25(29)23(24(21)17-20)15-14-22(28)13-12-19-8-4-3-5-9-19/h3-5,8-9,14-16,21,23-25,29H,6-7,10-13,17-18H2,1-2H3/b15-14+/t21-,23+,24-,25+/m0/s1. The van der Waals surface area contributed by atoms with Crippen LogP contribution in [0.25, 0.3) is 0 Å². The summed E-state index contributed by atoms with van der Waals surface area (Å²) in [6, 6.07) is 10.1. The van der Waals surface area contributed by atoms with Gasteiger partial charge in [-0.2, -0.15) is 0 Å². The molecule has 0 bridgehead atoms. The Hall–Kier alpha value is -2.20. The smallest absolute Gasteiger partial charge is 0.222 e. The number of ketones is 1. The quantitative estimate of drug-likeness (QED) is 0.355. The van der Waals surface area contributed by atoms with E-state index >= 15 is 0 Å². The van der Waals surface area contributed by atoms with Gasteiger partial charge < -0.3 is 10.0 Å². The molecule has 4 heteroatoms. The molecule has 4 nitrogen and oxygen atoms in total. The highest BCUT2D eigenvalue weighted by molar-refractivity contribution is 5.89. The third-order valence-electron chi connectivity index (χ3n) is 6.59. The number of carbonyl (C=O) groups is 2. The second-order valence-electron chi connectivity index (χ2n) is 9.04. The molecule has 162 valence electrons. The zero-order valence-electron chi connectivity index (χ0n) is 18.3. The van der Waals surface area contributed by atoms with Crippen molar-refractivity contribution in [2.24, 2.45) is 17.8 Å². The molecule has 3 rings (SSSR count). The minimum atomic E-state index is -0.353. The lowest BCUT2D eigenvalue weighted by molar-refractivity contribution is -0.128. The van der Waals surface area contributed by atoms with Crippen molar-refractivity contribution in [2.45, 2.75) is 57.5 Å². The molecule has 0 radical (unpaired) electrons. The van der Waals surface area contributed by atoms with Crippen molar-refractivity contribution in [3.05, 3.63) is 59.7 Å². The molecular weight excluding hydrogens is 374 g/mol. The van der Waals surface area contributed by atoms with Gasteiger partial charge in [-0.25, -0.2) is 0 Å². The fourth-order valence-electron chi connectivity index (χ4n) is 4.86. The predicted octanol–water partition coefficient (Wildman–Crippen LogP) is 4.34. The first-order valence-electron chi connectivity index (χ1n) is 11.3. The van der Waals surface area contributed by atoms with E-state index in [0.29, 0.717) is 24.7 Å². The maximum absolute atomic E-state index is 12.3. The van der Waals surface area contributed by atoms with Crippen LogP contribution in [0.15, 0.2) is 54.1 Å². The van der Waals surface area contributed by atoms with Gasteiger partial charge in [0.05, 0.1) is 6.10 Å². The van der Waals surface area contributed by atoms with Gasteiger partial charge in [0.1, 0.15) is 0 Å². The number of amides is 1. The van der Waals surface area contributed by atoms with Crippen molar-refractivity contribution in [2.75, 3.05) is 14.1 Å². The van der Waals surface area contributed by atoms with Crippen LogP contribution in [0.3, 0.4) is 0 Å². The summed E-state index contributed by atoms with van der Waals surface area (Å²) in [5, 5.41) is 10.5. The average Bonchev–Trinajstić information content (AvgIpc) is 3.25. The Balaban J connectivity index is 1.43. The topological polar surface area (TPSA) is 57.6 Å². The number of hydrogen-bond acceptors (Lipinski definition) is 3. The second kappa shape index (κ2) is 10.7. The molecule has 30 heavy (non-hydrogen) atoms. The first-order chi connectivity index (χ1) is 14.4. The molecule has 1 fully saturated rings. The number of aliphatic hydroxyl groups excluding tert-OH is 1. The van der Waals surface area contributed by atoms with Gasteiger partial charge in [-0.15, -0.1) is 0 Å². The number of rotatable bonds is 10. The van der Waals surface area contributed by atoms with E-state index < -0.39 is 0 Å². The summed E-state index contributed by atoms with van der Waals surface area (Å²) in [5.74, 6) is 1.23. The van der Waals surface area contributed by atoms with Crippen LogP contribution in [0.2, 0.25) is 0 Å². The fourth-order valence-corrected chi connectivity index (χ4v) is 4.86. The Morgan fingerprint density at radius 2 is 1.87 bits per heavy atom. The molecule has 2 aliphatic rings. The molecule has 1 saturated carbocycles. The monoisotopic (exact) mass is 409 g/mol. The van der Waals surface area contributed by atoms with Gasteiger partial charge in [0.15, 0.2) is 5.78 Å². The Kier molecular flexibility index (Phi) is 8.03. The average molecular weight is 410 g/mol. The summed E-state index contributed by atoms with van der Waals surface area (Å²) >= 11 is 0. The third-order valence-corrected chi connectivity index (χ3v) is 6.59. The summed E-state index contributed by atoms with van der Waals surface area (Å²) in [6.45, 7) is 0. The first-order valence-corrected chi connectivity index (χ1v) is 11.3. The Morgan fingerprint density at radius 1 is 1.10 bits per heavy atom. The van der Waals surface area contributed by atoms with E-state index in [4.69, 9.17) is 0 Å². The summed E-state index contributed by atoms with van der Waals surface area (Å²) in [4.78, 5) is 25.6. The lowest BCUT2D eigenvalue weighted by Crippen LogP contribution is -2.21. The van der Waals surface area contributed by atoms with E-state index in [-0.39, 0.29) is 23.7 Å². The number of hydrogen-bond donors (Lipinski definition) is 1. The SMILES string of the molecule is CN(C)C(=O)CCCCC1=C[C@H]2C[C@@H](O)[C@H](/C=C/C(=O)CCc3ccccc3)[C@H]2C1. The van der Waals surface area contributed by atoms with Gasteiger partial charge in [-0.3, -0.25) is 9.59 Å². The second-order valence-corrected chi connectivity index (χ2v) is 9.04. The highest BCUT2D eigenvalue weighted by Crippen LogP contribution is 2.48. The van der Waals surface area contributed by atoms with Gasteiger partial charge in [0.2, 0.25) is 5.91 Å². The number of fused-ring (bicyclic) bond motifs is 1. The van der Waals surface area contributed by atoms with Crippen LogP contribution in [-0.2, 0) is 16.0 Å². The molecular formula is C26H35NO3. The molecule has 0 heterocycles. The van der Waals surface area contributed by atoms with Crippen LogP contribution >= 0.6 is 0 Å². The van der Waals surface area contributed by atoms with E-state index in [1.807, 2.05) is 36.4 Å². The van der Waals surface area contributed by atoms with Gasteiger partial charge >= 0.3 is 0 Å². The molecule has 0 unspecified atom stereocenters. The van der Waals surface area contributed by atoms with Crippen molar-refractivity contribution in [3.8, 4) is 0 Å². The number of aliphatic hydroxyl groups is 1. The van der Waals surface area contributed by atoms with E-state index in [1.165, 1.54) is 11.1 Å². The normalized spacial score (nSPS) is 25.4. The Morgan fingerprint density at radius 3 is 2.60 bits per heavy atom. The van der Waals surface area contributed by atoms with Gasteiger partial charge in [0.25, 0.3) is 0 Å². The minimum absolute atomic E-state index is 0.0692. The molecule has 1 amide bonds. The Bertz CT molecular complexity index is 781. The van der Waals surface area contributed by atoms with Crippen molar-refractivity contribution in [3.63, 3.8) is 0 Å². The summed E-state index contributed by atoms with van der Waals surface area (Å²) < 4.78 is 0. The van der Waals surface area contributed by atoms with E-state index in [9.17, 15) is 14.7 Å². The molecule has 0 spiro atoms. The minimum Gasteiger partial charge on any atom is -0.392 e. The van der Waals surface area contributed by atoms with Gasteiger partial charge in [0, 0.05) is 32.9 Å². The number of benzene rings is 1. The highest BCUT2D eigenvalue weighted by Gasteiger charge is 2.43. The van der Waals surface area contributed by atoms with E-state index in [0.717, 1.165) is 38.5 Å². The molecule has 4 atom stereocenters. The molecule has 0 aliphatic heterocycles. The lowest BCUT2D eigenvalue weighted by Gasteiger charge is -2.18. The molecule has 2 aliphatic carbocycles. The summed E-state index contributed by atoms with van der Waals surface area (Å²) in [6.07, 6.45) is 12.3. The number of unbranched alkanes of at least 4 members (excludes halogenated alkanes) is 1. The van der Waals surface area contributed by atoms with Crippen molar-refractivity contribution in [1.29, 1.82) is 0 Å². The highest BCUT2D eigenvalue weighted by atomic mass is 16.3. The van der Waals surface area contributed by atoms with E-state index in [1.54, 1.807) is 25.1 Å². The maximum atomic E-state index is 12.3. The molecule has 1 aromatic rings. The van der Waals surface area contributed by atoms with Crippen LogP contribution in [-0.4, -0.2) is 41.9 Å². The largest absolute Gasteiger partial charge is 0.392 e. The molecule has 1 aromatic carbocycles. The fraction of sp³-hybridized carbons (Fsp3) is 0.538. The molecule has 1 N–H and O–H groups in total. The third kappa shape index (κ3) is 6.15. The van der Waals surface area contributed by atoms with Crippen LogP contribution in [0.4, 0.5) is 0 Å². The van der Waals surface area contributed by atoms with Crippen LogP contribution in [0.5, 0.6) is 0 Å². The van der Waals surface area contributed by atoms with Gasteiger partial charge in [-0.1, -0.05) is 48.1 Å². The first kappa shape index (κ1) is 22.5. The number of nitrogens with zero attached hydrogens (tertiary/aromatic N) is 1. The van der Waals surface area contributed by atoms with Crippen molar-refractivity contribution >= 4 is 11.7 Å². The molecule has 0 aromatic heterocycles. The molecule has 0 saturated heterocycles. The van der Waals surface area contributed by atoms with E-state index in [2.05, 4.69) is 6.08 Å². The zero-order chi connectivity index (χ0) is 21.5. The predicted molar refractivity (Wildman–Crippen MR) is 120 cm³/mol. The number of aryl methyl sites for hydroxylation is 1. The maximum Gasteiger partial charge on any atom is 0.222 e. The van der Waals surface area contributed by atoms with Crippen molar-refractivity contribution < 1.29 is 14.7 Å². The number of allylic oxidation sites excluding steroid dienone is 3. The van der Waals surface area contributed by atoms with Crippen LogP contribution in [0, 0.1) is 17.8 Å². The number of carbonyl (C=O) groups excluding carboxylic acids is 2. The lowest BCUT2D eigenvalue weighted by atomic mass is 9.88. The summed E-state index contributed by atoms with van der Waals surface area (Å²) in [5.41, 5.74) is 2.64. The van der Waals surface area contributed by atoms with Crippen LogP contribution < -0.4 is 0 Å².